The highest BCUT2D eigenvalue weighted by Crippen LogP contribution is 2.10. The van der Waals surface area contributed by atoms with Gasteiger partial charge in [0, 0.05) is 24.7 Å². The van der Waals surface area contributed by atoms with Crippen LogP contribution in [0.1, 0.15) is 42.1 Å². The van der Waals surface area contributed by atoms with Gasteiger partial charge >= 0.3 is 0 Å². The predicted octanol–water partition coefficient (Wildman–Crippen LogP) is 2.19. The minimum atomic E-state index is 0.0135. The van der Waals surface area contributed by atoms with Gasteiger partial charge < -0.3 is 15.5 Å². The van der Waals surface area contributed by atoms with Crippen LogP contribution in [0.3, 0.4) is 0 Å². The van der Waals surface area contributed by atoms with E-state index in [4.69, 9.17) is 0 Å². The van der Waals surface area contributed by atoms with Crippen molar-refractivity contribution in [2.24, 2.45) is 0 Å². The minimum absolute atomic E-state index is 0.0135. The smallest absolute Gasteiger partial charge is 0.251 e. The van der Waals surface area contributed by atoms with Crippen LogP contribution < -0.4 is 10.6 Å². The topological polar surface area (TPSA) is 44.4 Å². The van der Waals surface area contributed by atoms with Crippen LogP contribution in [0.15, 0.2) is 24.3 Å². The summed E-state index contributed by atoms with van der Waals surface area (Å²) in [7, 11) is 0. The summed E-state index contributed by atoms with van der Waals surface area (Å²) >= 11 is 0. The molecule has 0 unspecified atom stereocenters. The average Bonchev–Trinajstić information content (AvgIpc) is 2.54. The number of piperidine rings is 1. The van der Waals surface area contributed by atoms with E-state index >= 15 is 0 Å². The minimum Gasteiger partial charge on any atom is -0.351 e. The number of likely N-dealkylation sites (tertiary alicyclic amines) is 1. The van der Waals surface area contributed by atoms with E-state index in [2.05, 4.69) is 22.5 Å². The molecule has 1 heterocycles. The number of carbonyl (C=O) groups excluding carboxylic acids is 1. The molecule has 0 saturated carbocycles. The molecule has 0 aromatic heterocycles. The van der Waals surface area contributed by atoms with E-state index in [-0.39, 0.29) is 5.91 Å². The number of nitrogens with zero attached hydrogens (tertiary/aromatic N) is 1. The molecule has 22 heavy (non-hydrogen) atoms. The maximum Gasteiger partial charge on any atom is 0.251 e. The Morgan fingerprint density at radius 1 is 1.18 bits per heavy atom. The molecule has 0 bridgehead atoms. The number of aryl methyl sites for hydroxylation is 1. The van der Waals surface area contributed by atoms with Crippen LogP contribution >= 0.6 is 0 Å². The van der Waals surface area contributed by atoms with Gasteiger partial charge in [0.05, 0.1) is 0 Å². The Hall–Kier alpha value is -1.39. The van der Waals surface area contributed by atoms with E-state index in [0.717, 1.165) is 12.1 Å². The standard InChI is InChI=1S/C18H29N3O/c1-3-12-21-13-8-17(9-14-21)19-10-11-20-18(22)16-6-4-15(2)5-7-16/h4-7,17,19H,3,8-14H2,1-2H3,(H,20,22). The lowest BCUT2D eigenvalue weighted by molar-refractivity contribution is 0.0953. The lowest BCUT2D eigenvalue weighted by atomic mass is 10.0. The molecule has 1 fully saturated rings. The summed E-state index contributed by atoms with van der Waals surface area (Å²) in [6.45, 7) is 9.40. The monoisotopic (exact) mass is 303 g/mol. The molecule has 4 nitrogen and oxygen atoms in total. The quantitative estimate of drug-likeness (QED) is 0.759. The summed E-state index contributed by atoms with van der Waals surface area (Å²) in [5.41, 5.74) is 1.91. The highest BCUT2D eigenvalue weighted by atomic mass is 16.1. The van der Waals surface area contributed by atoms with Crippen LogP contribution in [0.4, 0.5) is 0 Å². The van der Waals surface area contributed by atoms with Gasteiger partial charge in [0.15, 0.2) is 0 Å². The van der Waals surface area contributed by atoms with Gasteiger partial charge in [0.25, 0.3) is 5.91 Å². The Kier molecular flexibility index (Phi) is 6.87. The molecule has 1 amide bonds. The summed E-state index contributed by atoms with van der Waals surface area (Å²) in [4.78, 5) is 14.5. The number of hydrogen-bond acceptors (Lipinski definition) is 3. The summed E-state index contributed by atoms with van der Waals surface area (Å²) in [6.07, 6.45) is 3.67. The van der Waals surface area contributed by atoms with Gasteiger partial charge in [-0.1, -0.05) is 24.6 Å². The first-order valence-corrected chi connectivity index (χ1v) is 8.49. The lowest BCUT2D eigenvalue weighted by Gasteiger charge is -2.32. The fourth-order valence-corrected chi connectivity index (χ4v) is 2.94. The zero-order valence-corrected chi connectivity index (χ0v) is 13.9. The molecule has 1 aliphatic heterocycles. The van der Waals surface area contributed by atoms with Crippen LogP contribution in [0.2, 0.25) is 0 Å². The summed E-state index contributed by atoms with van der Waals surface area (Å²) in [5.74, 6) is 0.0135. The number of hydrogen-bond donors (Lipinski definition) is 2. The van der Waals surface area contributed by atoms with E-state index in [1.807, 2.05) is 31.2 Å². The Morgan fingerprint density at radius 3 is 2.50 bits per heavy atom. The Morgan fingerprint density at radius 2 is 1.86 bits per heavy atom. The lowest BCUT2D eigenvalue weighted by Crippen LogP contribution is -2.44. The molecule has 0 atom stereocenters. The predicted molar refractivity (Wildman–Crippen MR) is 91.3 cm³/mol. The Balaban J connectivity index is 1.59. The number of nitrogens with one attached hydrogen (secondary N) is 2. The second kappa shape index (κ2) is 8.91. The number of rotatable bonds is 7. The first-order chi connectivity index (χ1) is 10.7. The molecule has 2 N–H and O–H groups in total. The normalized spacial score (nSPS) is 16.6. The van der Waals surface area contributed by atoms with Gasteiger partial charge in [0.2, 0.25) is 0 Å². The zero-order chi connectivity index (χ0) is 15.8. The van der Waals surface area contributed by atoms with Crippen molar-refractivity contribution in [3.05, 3.63) is 35.4 Å². The Bertz CT molecular complexity index is 450. The second-order valence-electron chi connectivity index (χ2n) is 6.19. The van der Waals surface area contributed by atoms with Crippen molar-refractivity contribution in [1.82, 2.24) is 15.5 Å². The van der Waals surface area contributed by atoms with Gasteiger partial charge in [-0.15, -0.1) is 0 Å². The average molecular weight is 303 g/mol. The highest BCUT2D eigenvalue weighted by Gasteiger charge is 2.17. The fourth-order valence-electron chi connectivity index (χ4n) is 2.94. The van der Waals surface area contributed by atoms with E-state index in [1.54, 1.807) is 0 Å². The van der Waals surface area contributed by atoms with Crippen molar-refractivity contribution < 1.29 is 4.79 Å². The maximum atomic E-state index is 12.0. The maximum absolute atomic E-state index is 12.0. The molecule has 1 aromatic rings. The molecular formula is C18H29N3O. The van der Waals surface area contributed by atoms with Crippen molar-refractivity contribution in [2.45, 2.75) is 39.2 Å². The van der Waals surface area contributed by atoms with E-state index in [9.17, 15) is 4.79 Å². The first-order valence-electron chi connectivity index (χ1n) is 8.49. The number of carbonyl (C=O) groups is 1. The van der Waals surface area contributed by atoms with Crippen molar-refractivity contribution in [2.75, 3.05) is 32.7 Å². The van der Waals surface area contributed by atoms with E-state index in [1.165, 1.54) is 44.5 Å². The van der Waals surface area contributed by atoms with E-state index in [0.29, 0.717) is 12.6 Å². The summed E-state index contributed by atoms with van der Waals surface area (Å²) in [6, 6.07) is 8.29. The van der Waals surface area contributed by atoms with Crippen molar-refractivity contribution in [3.63, 3.8) is 0 Å². The molecule has 0 spiro atoms. The summed E-state index contributed by atoms with van der Waals surface area (Å²) < 4.78 is 0. The van der Waals surface area contributed by atoms with Gasteiger partial charge in [0.1, 0.15) is 0 Å². The molecule has 1 aromatic carbocycles. The van der Waals surface area contributed by atoms with Crippen LogP contribution in [0.5, 0.6) is 0 Å². The van der Waals surface area contributed by atoms with Gasteiger partial charge in [-0.3, -0.25) is 4.79 Å². The molecular weight excluding hydrogens is 274 g/mol. The highest BCUT2D eigenvalue weighted by molar-refractivity contribution is 5.94. The zero-order valence-electron chi connectivity index (χ0n) is 13.9. The van der Waals surface area contributed by atoms with Crippen molar-refractivity contribution >= 4 is 5.91 Å². The third kappa shape index (κ3) is 5.43. The van der Waals surface area contributed by atoms with Crippen molar-refractivity contribution in [3.8, 4) is 0 Å². The second-order valence-corrected chi connectivity index (χ2v) is 6.19. The number of benzene rings is 1. The molecule has 0 radical (unpaired) electrons. The molecule has 1 saturated heterocycles. The first kappa shape index (κ1) is 17.0. The SMILES string of the molecule is CCCN1CCC(NCCNC(=O)c2ccc(C)cc2)CC1. The van der Waals surface area contributed by atoms with Gasteiger partial charge in [-0.25, -0.2) is 0 Å². The van der Waals surface area contributed by atoms with Gasteiger partial charge in [-0.05, 0) is 58.0 Å². The third-order valence-corrected chi connectivity index (χ3v) is 4.28. The Labute approximate surface area is 134 Å². The largest absolute Gasteiger partial charge is 0.351 e. The fraction of sp³-hybridized carbons (Fsp3) is 0.611. The number of amides is 1. The molecule has 122 valence electrons. The molecule has 2 rings (SSSR count). The molecule has 0 aliphatic carbocycles. The summed E-state index contributed by atoms with van der Waals surface area (Å²) in [5, 5.41) is 6.53. The van der Waals surface area contributed by atoms with Gasteiger partial charge in [-0.2, -0.15) is 0 Å². The van der Waals surface area contributed by atoms with Crippen LogP contribution in [-0.2, 0) is 0 Å². The van der Waals surface area contributed by atoms with Crippen LogP contribution in [0.25, 0.3) is 0 Å². The van der Waals surface area contributed by atoms with Crippen LogP contribution in [0, 0.1) is 6.92 Å². The molecule has 1 aliphatic rings. The van der Waals surface area contributed by atoms with E-state index < -0.39 is 0 Å². The van der Waals surface area contributed by atoms with Crippen LogP contribution in [-0.4, -0.2) is 49.6 Å². The van der Waals surface area contributed by atoms with Crippen molar-refractivity contribution in [1.29, 1.82) is 0 Å². The molecule has 4 heteroatoms. The third-order valence-electron chi connectivity index (χ3n) is 4.28.